The van der Waals surface area contributed by atoms with E-state index in [1.54, 1.807) is 13.3 Å². The highest BCUT2D eigenvalue weighted by atomic mass is 16.5. The fourth-order valence-electron chi connectivity index (χ4n) is 3.97. The molecular weight excluding hydrogens is 306 g/mol. The average Bonchev–Trinajstić information content (AvgIpc) is 2.77. The maximum absolute atomic E-state index is 12.5. The molecule has 0 radical (unpaired) electrons. The summed E-state index contributed by atoms with van der Waals surface area (Å²) in [6.45, 7) is 2.18. The van der Waals surface area contributed by atoms with Crippen molar-refractivity contribution in [3.63, 3.8) is 0 Å². The van der Waals surface area contributed by atoms with Crippen LogP contribution in [0.3, 0.4) is 0 Å². The Bertz CT molecular complexity index is 592. The second kappa shape index (κ2) is 7.30. The van der Waals surface area contributed by atoms with E-state index in [1.807, 2.05) is 28.1 Å². The molecule has 2 saturated heterocycles. The molecule has 0 aromatic carbocycles. The van der Waals surface area contributed by atoms with Gasteiger partial charge in [0.15, 0.2) is 0 Å². The van der Waals surface area contributed by atoms with E-state index in [1.165, 1.54) is 0 Å². The summed E-state index contributed by atoms with van der Waals surface area (Å²) >= 11 is 0. The number of methoxy groups -OCH3 is 1. The van der Waals surface area contributed by atoms with E-state index in [2.05, 4.69) is 4.98 Å². The summed E-state index contributed by atoms with van der Waals surface area (Å²) in [5.41, 5.74) is 0.943. The summed E-state index contributed by atoms with van der Waals surface area (Å²) in [5, 5.41) is 0. The smallest absolute Gasteiger partial charge is 0.248 e. The molecule has 2 aliphatic rings. The normalized spacial score (nSPS) is 24.5. The minimum Gasteiger partial charge on any atom is -0.375 e. The molecule has 0 aliphatic carbocycles. The summed E-state index contributed by atoms with van der Waals surface area (Å²) in [5.74, 6) is 0.258. The van der Waals surface area contributed by atoms with Crippen LogP contribution in [0.25, 0.3) is 0 Å². The molecule has 1 aromatic heterocycles. The van der Waals surface area contributed by atoms with Gasteiger partial charge in [0.2, 0.25) is 11.8 Å². The Kier molecular flexibility index (Phi) is 5.14. The van der Waals surface area contributed by atoms with Gasteiger partial charge in [0.25, 0.3) is 0 Å². The lowest BCUT2D eigenvalue weighted by molar-refractivity contribution is -0.135. The molecule has 1 spiro atoms. The fraction of sp³-hybridized carbons (Fsp3) is 0.611. The van der Waals surface area contributed by atoms with Crippen LogP contribution in [0, 0.1) is 0 Å². The Hall–Kier alpha value is -1.95. The molecular formula is C18H25N3O3. The van der Waals surface area contributed by atoms with Gasteiger partial charge in [0.05, 0.1) is 0 Å². The zero-order chi connectivity index (χ0) is 17.0. The Morgan fingerprint density at radius 3 is 2.96 bits per heavy atom. The molecule has 0 N–H and O–H groups in total. The van der Waals surface area contributed by atoms with E-state index in [9.17, 15) is 9.59 Å². The van der Waals surface area contributed by atoms with Crippen molar-refractivity contribution < 1.29 is 14.3 Å². The Morgan fingerprint density at radius 1 is 1.33 bits per heavy atom. The first-order valence-corrected chi connectivity index (χ1v) is 8.61. The first-order chi connectivity index (χ1) is 11.6. The second-order valence-electron chi connectivity index (χ2n) is 6.73. The fourth-order valence-corrected chi connectivity index (χ4v) is 3.97. The van der Waals surface area contributed by atoms with Gasteiger partial charge in [-0.3, -0.25) is 14.6 Å². The minimum absolute atomic E-state index is 0.0395. The van der Waals surface area contributed by atoms with Crippen LogP contribution in [0.1, 0.15) is 37.7 Å². The largest absolute Gasteiger partial charge is 0.375 e. The van der Waals surface area contributed by atoms with Gasteiger partial charge in [-0.1, -0.05) is 6.07 Å². The molecule has 2 fully saturated rings. The molecule has 24 heavy (non-hydrogen) atoms. The number of carbonyl (C=O) groups excluding carboxylic acids is 2. The van der Waals surface area contributed by atoms with Crippen molar-refractivity contribution in [1.29, 1.82) is 0 Å². The quantitative estimate of drug-likeness (QED) is 0.841. The molecule has 0 saturated carbocycles. The summed E-state index contributed by atoms with van der Waals surface area (Å²) < 4.78 is 4.97. The number of hydrogen-bond acceptors (Lipinski definition) is 4. The molecule has 3 rings (SSSR count). The summed E-state index contributed by atoms with van der Waals surface area (Å²) in [6, 6.07) is 3.91. The lowest BCUT2D eigenvalue weighted by atomic mass is 9.87. The first kappa shape index (κ1) is 16.9. The highest BCUT2D eigenvalue weighted by Gasteiger charge is 2.45. The second-order valence-corrected chi connectivity index (χ2v) is 6.73. The molecule has 2 aliphatic heterocycles. The summed E-state index contributed by atoms with van der Waals surface area (Å²) in [6.07, 6.45) is 7.78. The summed E-state index contributed by atoms with van der Waals surface area (Å²) in [4.78, 5) is 32.7. The maximum atomic E-state index is 12.5. The predicted molar refractivity (Wildman–Crippen MR) is 89.1 cm³/mol. The van der Waals surface area contributed by atoms with Crippen molar-refractivity contribution in [2.45, 2.75) is 44.2 Å². The molecule has 0 unspecified atom stereocenters. The van der Waals surface area contributed by atoms with Crippen LogP contribution in [0.2, 0.25) is 0 Å². The zero-order valence-corrected chi connectivity index (χ0v) is 14.2. The third-order valence-corrected chi connectivity index (χ3v) is 5.28. The number of rotatable bonds is 4. The molecule has 3 heterocycles. The lowest BCUT2D eigenvalue weighted by Gasteiger charge is -2.38. The van der Waals surface area contributed by atoms with Crippen LogP contribution >= 0.6 is 0 Å². The molecule has 1 atom stereocenters. The predicted octanol–water partition coefficient (Wildman–Crippen LogP) is 1.60. The monoisotopic (exact) mass is 331 g/mol. The van der Waals surface area contributed by atoms with Crippen molar-refractivity contribution >= 4 is 11.8 Å². The van der Waals surface area contributed by atoms with E-state index in [0.717, 1.165) is 37.8 Å². The molecule has 0 bridgehead atoms. The van der Waals surface area contributed by atoms with Crippen molar-refractivity contribution in [2.24, 2.45) is 0 Å². The van der Waals surface area contributed by atoms with Crippen LogP contribution in [-0.4, -0.2) is 58.9 Å². The molecule has 6 nitrogen and oxygen atoms in total. The zero-order valence-electron chi connectivity index (χ0n) is 14.2. The highest BCUT2D eigenvalue weighted by Crippen LogP contribution is 2.40. The number of ether oxygens (including phenoxy) is 1. The van der Waals surface area contributed by atoms with E-state index in [-0.39, 0.29) is 24.0 Å². The van der Waals surface area contributed by atoms with Crippen molar-refractivity contribution in [3.8, 4) is 0 Å². The Labute approximate surface area is 142 Å². The third-order valence-electron chi connectivity index (χ3n) is 5.28. The lowest BCUT2D eigenvalue weighted by Crippen LogP contribution is -2.46. The number of pyridine rings is 1. The van der Waals surface area contributed by atoms with Crippen LogP contribution in [0.15, 0.2) is 24.5 Å². The SMILES string of the molecule is COCC(=O)N1CCC[C@]2(CCC(=O)N2Cc2cccnc2)CC1. The number of carbonyl (C=O) groups is 2. The first-order valence-electron chi connectivity index (χ1n) is 8.61. The van der Waals surface area contributed by atoms with E-state index in [4.69, 9.17) is 4.74 Å². The number of likely N-dealkylation sites (tertiary alicyclic amines) is 2. The highest BCUT2D eigenvalue weighted by molar-refractivity contribution is 5.80. The standard InChI is InChI=1S/C18H25N3O3/c1-24-14-17(23)20-10-3-6-18(8-11-20)7-5-16(22)21(18)13-15-4-2-9-19-12-15/h2,4,9,12H,3,5-8,10-11,13-14H2,1H3/t18-/m0/s1. The van der Waals surface area contributed by atoms with Gasteiger partial charge in [-0.15, -0.1) is 0 Å². The maximum Gasteiger partial charge on any atom is 0.248 e. The third kappa shape index (κ3) is 3.43. The van der Waals surface area contributed by atoms with Gasteiger partial charge in [0.1, 0.15) is 6.61 Å². The van der Waals surface area contributed by atoms with E-state index >= 15 is 0 Å². The molecule has 130 valence electrons. The molecule has 6 heteroatoms. The van der Waals surface area contributed by atoms with Crippen LogP contribution in [0.4, 0.5) is 0 Å². The Balaban J connectivity index is 1.73. The summed E-state index contributed by atoms with van der Waals surface area (Å²) in [7, 11) is 1.54. The minimum atomic E-state index is -0.116. The van der Waals surface area contributed by atoms with Gasteiger partial charge < -0.3 is 14.5 Å². The topological polar surface area (TPSA) is 62.7 Å². The van der Waals surface area contributed by atoms with Crippen molar-refractivity contribution in [2.75, 3.05) is 26.8 Å². The van der Waals surface area contributed by atoms with Gasteiger partial charge >= 0.3 is 0 Å². The average molecular weight is 331 g/mol. The van der Waals surface area contributed by atoms with Crippen molar-refractivity contribution in [3.05, 3.63) is 30.1 Å². The number of amides is 2. The van der Waals surface area contributed by atoms with Crippen LogP contribution < -0.4 is 0 Å². The number of aromatic nitrogens is 1. The van der Waals surface area contributed by atoms with Crippen molar-refractivity contribution in [1.82, 2.24) is 14.8 Å². The van der Waals surface area contributed by atoms with Gasteiger partial charge in [-0.05, 0) is 37.3 Å². The van der Waals surface area contributed by atoms with Gasteiger partial charge in [-0.25, -0.2) is 0 Å². The van der Waals surface area contributed by atoms with Gasteiger partial charge in [0, 0.05) is 51.1 Å². The van der Waals surface area contributed by atoms with Crippen LogP contribution in [-0.2, 0) is 20.9 Å². The Morgan fingerprint density at radius 2 is 2.21 bits per heavy atom. The molecule has 1 aromatic rings. The van der Waals surface area contributed by atoms with Crippen LogP contribution in [0.5, 0.6) is 0 Å². The molecule has 2 amide bonds. The number of nitrogens with zero attached hydrogens (tertiary/aromatic N) is 3. The van der Waals surface area contributed by atoms with Gasteiger partial charge in [-0.2, -0.15) is 0 Å². The number of hydrogen-bond donors (Lipinski definition) is 0. The van der Waals surface area contributed by atoms with E-state index in [0.29, 0.717) is 19.5 Å². The van der Waals surface area contributed by atoms with E-state index < -0.39 is 0 Å².